The van der Waals surface area contributed by atoms with Crippen LogP contribution in [0.15, 0.2) is 52.9 Å². The van der Waals surface area contributed by atoms with Gasteiger partial charge < -0.3 is 9.32 Å². The van der Waals surface area contributed by atoms with Gasteiger partial charge in [-0.3, -0.25) is 0 Å². The quantitative estimate of drug-likeness (QED) is 0.366. The molecule has 1 heterocycles. The molecule has 0 saturated carbocycles. The van der Waals surface area contributed by atoms with E-state index < -0.39 is 30.1 Å². The summed E-state index contributed by atoms with van der Waals surface area (Å²) in [7, 11) is 0. The first-order valence-corrected chi connectivity index (χ1v) is 7.95. The summed E-state index contributed by atoms with van der Waals surface area (Å²) in [6, 6.07) is 10.8. The normalized spacial score (nSPS) is 12.2. The number of nitrogens with zero attached hydrogens (tertiary/aromatic N) is 2. The summed E-state index contributed by atoms with van der Waals surface area (Å²) >= 11 is 0. The number of halogens is 6. The highest BCUT2D eigenvalue weighted by Crippen LogP contribution is 2.39. The molecule has 0 N–H and O–H groups in total. The van der Waals surface area contributed by atoms with Gasteiger partial charge in [-0.05, 0) is 24.3 Å². The maximum atomic E-state index is 13.2. The predicted molar refractivity (Wildman–Crippen MR) is 91.0 cm³/mol. The van der Waals surface area contributed by atoms with Crippen molar-refractivity contribution in [3.05, 3.63) is 71.3 Å². The smallest absolute Gasteiger partial charge is 0.407 e. The van der Waals surface area contributed by atoms with Crippen LogP contribution in [0.3, 0.4) is 0 Å². The van der Waals surface area contributed by atoms with Gasteiger partial charge in [0, 0.05) is 11.1 Å². The minimum Gasteiger partial charge on any atom is -0.459 e. The summed E-state index contributed by atoms with van der Waals surface area (Å²) in [4.78, 5) is 3.53. The SMILES string of the molecule is [C-]#[N+]c1ccc(N(Cc2cc3ccccc3o2)CC(F)(F)F)cc1C(F)(F)F. The van der Waals surface area contributed by atoms with Crippen LogP contribution in [0, 0.1) is 6.57 Å². The summed E-state index contributed by atoms with van der Waals surface area (Å²) < 4.78 is 84.1. The molecule has 2 aromatic carbocycles. The highest BCUT2D eigenvalue weighted by molar-refractivity contribution is 5.77. The molecule has 28 heavy (non-hydrogen) atoms. The summed E-state index contributed by atoms with van der Waals surface area (Å²) in [5.74, 6) is 0.174. The molecule has 0 fully saturated rings. The topological polar surface area (TPSA) is 20.7 Å². The molecule has 0 radical (unpaired) electrons. The first-order valence-electron chi connectivity index (χ1n) is 7.95. The summed E-state index contributed by atoms with van der Waals surface area (Å²) in [6.07, 6.45) is -9.51. The molecule has 0 amide bonds. The van der Waals surface area contributed by atoms with E-state index in [1.807, 2.05) is 0 Å². The Morgan fingerprint density at radius 1 is 0.964 bits per heavy atom. The third kappa shape index (κ3) is 4.39. The van der Waals surface area contributed by atoms with Crippen LogP contribution in [0.4, 0.5) is 37.7 Å². The molecule has 3 aromatic rings. The van der Waals surface area contributed by atoms with Gasteiger partial charge in [0.05, 0.1) is 18.7 Å². The lowest BCUT2D eigenvalue weighted by Gasteiger charge is -2.26. The van der Waals surface area contributed by atoms with Gasteiger partial charge in [0.1, 0.15) is 17.9 Å². The Bertz CT molecular complexity index is 996. The van der Waals surface area contributed by atoms with Crippen LogP contribution in [0.2, 0.25) is 0 Å². The molecule has 0 bridgehead atoms. The minimum atomic E-state index is -4.86. The van der Waals surface area contributed by atoms with Crippen LogP contribution in [0.5, 0.6) is 0 Å². The Labute approximate surface area is 155 Å². The van der Waals surface area contributed by atoms with Gasteiger partial charge >= 0.3 is 12.4 Å². The van der Waals surface area contributed by atoms with E-state index in [-0.39, 0.29) is 18.0 Å². The van der Waals surface area contributed by atoms with E-state index in [0.29, 0.717) is 17.0 Å². The number of hydrogen-bond donors (Lipinski definition) is 0. The molecule has 0 aliphatic carbocycles. The molecule has 9 heteroatoms. The van der Waals surface area contributed by atoms with E-state index in [9.17, 15) is 26.3 Å². The van der Waals surface area contributed by atoms with Gasteiger partial charge in [-0.25, -0.2) is 4.85 Å². The first kappa shape index (κ1) is 19.6. The van der Waals surface area contributed by atoms with Crippen molar-refractivity contribution < 1.29 is 30.8 Å². The lowest BCUT2D eigenvalue weighted by molar-refractivity contribution is -0.136. The van der Waals surface area contributed by atoms with E-state index >= 15 is 0 Å². The molecule has 0 spiro atoms. The second-order valence-electron chi connectivity index (χ2n) is 6.03. The average molecular weight is 398 g/mol. The van der Waals surface area contributed by atoms with Gasteiger partial charge in [0.25, 0.3) is 0 Å². The zero-order valence-corrected chi connectivity index (χ0v) is 14.1. The molecule has 3 nitrogen and oxygen atoms in total. The Hall–Kier alpha value is -3.15. The highest BCUT2D eigenvalue weighted by atomic mass is 19.4. The lowest BCUT2D eigenvalue weighted by atomic mass is 10.1. The lowest BCUT2D eigenvalue weighted by Crippen LogP contribution is -2.33. The van der Waals surface area contributed by atoms with Crippen molar-refractivity contribution in [2.24, 2.45) is 0 Å². The Morgan fingerprint density at radius 2 is 1.68 bits per heavy atom. The number of para-hydroxylation sites is 1. The van der Waals surface area contributed by atoms with Crippen LogP contribution in [-0.4, -0.2) is 12.7 Å². The summed E-state index contributed by atoms with van der Waals surface area (Å²) in [6.45, 7) is 4.98. The number of anilines is 1. The zero-order chi connectivity index (χ0) is 20.5. The maximum absolute atomic E-state index is 13.2. The van der Waals surface area contributed by atoms with Gasteiger partial charge in [0.2, 0.25) is 0 Å². The molecular weight excluding hydrogens is 386 g/mol. The third-order valence-corrected chi connectivity index (χ3v) is 3.96. The van der Waals surface area contributed by atoms with Gasteiger partial charge in [-0.15, -0.1) is 0 Å². The van der Waals surface area contributed by atoms with E-state index in [1.54, 1.807) is 24.3 Å². The number of benzene rings is 2. The van der Waals surface area contributed by atoms with Gasteiger partial charge in [-0.1, -0.05) is 24.3 Å². The molecule has 1 aromatic heterocycles. The van der Waals surface area contributed by atoms with Crippen molar-refractivity contribution in [3.63, 3.8) is 0 Å². The average Bonchev–Trinajstić information content (AvgIpc) is 3.01. The fraction of sp³-hybridized carbons (Fsp3) is 0.211. The largest absolute Gasteiger partial charge is 0.459 e. The molecule has 0 saturated heterocycles. The summed E-state index contributed by atoms with van der Waals surface area (Å²) in [5, 5.41) is 0.670. The highest BCUT2D eigenvalue weighted by Gasteiger charge is 2.36. The fourth-order valence-corrected chi connectivity index (χ4v) is 2.80. The molecule has 3 rings (SSSR count). The molecule has 0 unspecified atom stereocenters. The molecule has 0 aliphatic rings. The minimum absolute atomic E-state index is 0.174. The van der Waals surface area contributed by atoms with Crippen molar-refractivity contribution in [3.8, 4) is 0 Å². The Kier molecular flexibility index (Phi) is 4.98. The molecule has 146 valence electrons. The number of rotatable bonds is 4. The monoisotopic (exact) mass is 398 g/mol. The maximum Gasteiger partial charge on any atom is 0.407 e. The van der Waals surface area contributed by atoms with Crippen molar-refractivity contribution in [1.82, 2.24) is 0 Å². The Balaban J connectivity index is 2.01. The van der Waals surface area contributed by atoms with Gasteiger partial charge in [-0.2, -0.15) is 26.3 Å². The van der Waals surface area contributed by atoms with E-state index in [1.165, 1.54) is 6.07 Å². The van der Waals surface area contributed by atoms with Crippen molar-refractivity contribution in [2.75, 3.05) is 11.4 Å². The van der Waals surface area contributed by atoms with Crippen LogP contribution >= 0.6 is 0 Å². The van der Waals surface area contributed by atoms with Crippen LogP contribution in [-0.2, 0) is 12.7 Å². The predicted octanol–water partition coefficient (Wildman–Crippen LogP) is 6.57. The fourth-order valence-electron chi connectivity index (χ4n) is 2.80. The molecule has 0 aliphatic heterocycles. The second-order valence-corrected chi connectivity index (χ2v) is 6.03. The second kappa shape index (κ2) is 7.11. The standard InChI is InChI=1S/C19H12F6N2O/c1-26-16-7-6-13(9-15(16)19(23,24)25)27(11-18(20,21)22)10-14-8-12-4-2-3-5-17(12)28-14/h2-9H,10-11H2. The van der Waals surface area contributed by atoms with Crippen LogP contribution in [0.25, 0.3) is 15.8 Å². The number of hydrogen-bond acceptors (Lipinski definition) is 2. The number of furan rings is 1. The van der Waals surface area contributed by atoms with Crippen molar-refractivity contribution in [1.29, 1.82) is 0 Å². The van der Waals surface area contributed by atoms with E-state index in [0.717, 1.165) is 17.0 Å². The van der Waals surface area contributed by atoms with E-state index in [2.05, 4.69) is 4.85 Å². The summed E-state index contributed by atoms with van der Waals surface area (Å²) in [5.41, 5.74) is -1.80. The third-order valence-electron chi connectivity index (χ3n) is 3.96. The Morgan fingerprint density at radius 3 is 2.29 bits per heavy atom. The van der Waals surface area contributed by atoms with Crippen molar-refractivity contribution >= 4 is 22.3 Å². The molecular formula is C19H12F6N2O. The number of alkyl halides is 6. The van der Waals surface area contributed by atoms with Gasteiger partial charge in [0.15, 0.2) is 5.69 Å². The van der Waals surface area contributed by atoms with Crippen LogP contribution in [0.1, 0.15) is 11.3 Å². The zero-order valence-electron chi connectivity index (χ0n) is 14.1. The van der Waals surface area contributed by atoms with E-state index in [4.69, 9.17) is 11.0 Å². The van der Waals surface area contributed by atoms with Crippen LogP contribution < -0.4 is 4.90 Å². The molecule has 0 atom stereocenters. The van der Waals surface area contributed by atoms with Crippen molar-refractivity contribution in [2.45, 2.75) is 18.9 Å². The number of fused-ring (bicyclic) bond motifs is 1. The first-order chi connectivity index (χ1) is 13.1.